The van der Waals surface area contributed by atoms with Crippen molar-refractivity contribution in [1.29, 1.82) is 0 Å². The summed E-state index contributed by atoms with van der Waals surface area (Å²) in [6, 6.07) is 30.6. The topological polar surface area (TPSA) is 105 Å². The number of carbonyl (C=O) groups excluding carboxylic acids is 4. The van der Waals surface area contributed by atoms with Crippen LogP contribution >= 0.6 is 0 Å². The van der Waals surface area contributed by atoms with Crippen molar-refractivity contribution in [3.63, 3.8) is 0 Å². The lowest BCUT2D eigenvalue weighted by Crippen LogP contribution is -2.29. The summed E-state index contributed by atoms with van der Waals surface area (Å²) in [5, 5.41) is 0. The first kappa shape index (κ1) is 45.8. The van der Waals surface area contributed by atoms with Gasteiger partial charge >= 0.3 is 23.9 Å². The zero-order chi connectivity index (χ0) is 42.7. The number of ether oxygens (including phenoxy) is 4. The van der Waals surface area contributed by atoms with Crippen LogP contribution in [0, 0.1) is 0 Å². The highest BCUT2D eigenvalue weighted by atomic mass is 16.6. The molecule has 0 aliphatic heterocycles. The van der Waals surface area contributed by atoms with E-state index in [1.165, 1.54) is 22.3 Å². The number of hydrogen-bond acceptors (Lipinski definition) is 8. The van der Waals surface area contributed by atoms with Gasteiger partial charge in [0.05, 0.1) is 22.3 Å². The molecular formula is C52H68O8. The summed E-state index contributed by atoms with van der Waals surface area (Å²) < 4.78 is 22.7. The van der Waals surface area contributed by atoms with Crippen LogP contribution < -0.4 is 0 Å². The van der Waals surface area contributed by atoms with E-state index in [0.29, 0.717) is 73.6 Å². The van der Waals surface area contributed by atoms with E-state index in [-0.39, 0.29) is 51.1 Å². The van der Waals surface area contributed by atoms with Crippen LogP contribution in [-0.4, -0.2) is 48.3 Å². The van der Waals surface area contributed by atoms with Crippen molar-refractivity contribution in [2.45, 2.75) is 155 Å². The number of benzene rings is 4. The number of esters is 4. The van der Waals surface area contributed by atoms with Gasteiger partial charge in [0.15, 0.2) is 0 Å². The number of carbonyl (C=O) groups is 4. The summed E-state index contributed by atoms with van der Waals surface area (Å²) in [6.45, 7) is 8.51. The molecule has 4 aromatic carbocycles. The summed E-state index contributed by atoms with van der Waals surface area (Å²) in [7, 11) is 0. The molecule has 0 atom stereocenters. The van der Waals surface area contributed by atoms with E-state index in [1.807, 2.05) is 97.1 Å². The average Bonchev–Trinajstić information content (AvgIpc) is 3.29. The second-order valence-corrected chi connectivity index (χ2v) is 16.1. The van der Waals surface area contributed by atoms with Crippen molar-refractivity contribution in [2.75, 3.05) is 0 Å². The molecule has 0 bridgehead atoms. The van der Waals surface area contributed by atoms with Crippen LogP contribution in [0.3, 0.4) is 0 Å². The van der Waals surface area contributed by atoms with E-state index in [4.69, 9.17) is 18.9 Å². The van der Waals surface area contributed by atoms with Gasteiger partial charge in [-0.2, -0.15) is 0 Å². The summed E-state index contributed by atoms with van der Waals surface area (Å²) in [5.74, 6) is -1.09. The third-order valence-electron chi connectivity index (χ3n) is 11.6. The van der Waals surface area contributed by atoms with Gasteiger partial charge in [-0.15, -0.1) is 0 Å². The normalized spacial score (nSPS) is 18.6. The minimum absolute atomic E-state index is 0. The molecule has 0 saturated heterocycles. The summed E-state index contributed by atoms with van der Waals surface area (Å²) >= 11 is 0. The highest BCUT2D eigenvalue weighted by Gasteiger charge is 2.28. The summed E-state index contributed by atoms with van der Waals surface area (Å²) in [6.07, 6.45) is 13.9. The van der Waals surface area contributed by atoms with E-state index in [1.54, 1.807) is 0 Å². The van der Waals surface area contributed by atoms with Gasteiger partial charge in [0, 0.05) is 2.85 Å². The van der Waals surface area contributed by atoms with E-state index >= 15 is 0 Å². The number of hydrogen-bond donors (Lipinski definition) is 0. The fraction of sp³-hybridized carbons (Fsp3) is 0.462. The van der Waals surface area contributed by atoms with Gasteiger partial charge in [-0.05, 0) is 161 Å². The predicted molar refractivity (Wildman–Crippen MR) is 240 cm³/mol. The molecule has 2 aliphatic carbocycles. The van der Waals surface area contributed by atoms with Gasteiger partial charge in [-0.1, -0.05) is 89.1 Å². The number of rotatable bonds is 16. The summed E-state index contributed by atoms with van der Waals surface area (Å²) in [5.41, 5.74) is 7.26. The highest BCUT2D eigenvalue weighted by molar-refractivity contribution is 5.91. The molecule has 324 valence electrons. The van der Waals surface area contributed by atoms with Crippen LogP contribution in [0.5, 0.6) is 0 Å². The number of aryl methyl sites for hydroxylation is 4. The molecule has 0 radical (unpaired) electrons. The first-order valence-corrected chi connectivity index (χ1v) is 22.4. The van der Waals surface area contributed by atoms with Gasteiger partial charge in [-0.3, -0.25) is 0 Å². The zero-order valence-electron chi connectivity index (χ0n) is 36.1. The van der Waals surface area contributed by atoms with Crippen molar-refractivity contribution in [3.8, 4) is 0 Å². The van der Waals surface area contributed by atoms with Crippen molar-refractivity contribution in [2.24, 2.45) is 0 Å². The lowest BCUT2D eigenvalue weighted by molar-refractivity contribution is -0.0108. The van der Waals surface area contributed by atoms with Crippen molar-refractivity contribution in [1.82, 2.24) is 0 Å². The van der Waals surface area contributed by atoms with Crippen LogP contribution in [0.1, 0.15) is 171 Å². The quantitative estimate of drug-likeness (QED) is 0.0813. The number of unbranched alkanes of at least 4 members (excludes halogenated alkanes) is 2. The molecule has 0 N–H and O–H groups in total. The van der Waals surface area contributed by atoms with Crippen LogP contribution in [0.25, 0.3) is 0 Å². The van der Waals surface area contributed by atoms with Gasteiger partial charge in [0.1, 0.15) is 24.4 Å². The van der Waals surface area contributed by atoms with Gasteiger partial charge < -0.3 is 18.9 Å². The molecule has 2 aliphatic rings. The molecule has 8 heteroatoms. The molecule has 8 nitrogen and oxygen atoms in total. The Hall–Kier alpha value is -5.24. The lowest BCUT2D eigenvalue weighted by atomic mass is 9.94. The largest absolute Gasteiger partial charge is 0.459 e. The molecule has 0 amide bonds. The molecule has 0 unspecified atom stereocenters. The van der Waals surface area contributed by atoms with E-state index in [0.717, 1.165) is 51.4 Å². The molecule has 2 fully saturated rings. The van der Waals surface area contributed by atoms with Crippen LogP contribution in [0.15, 0.2) is 97.1 Å². The first-order valence-electron chi connectivity index (χ1n) is 22.4. The molecule has 0 aromatic heterocycles. The Kier molecular flexibility index (Phi) is 18.4. The van der Waals surface area contributed by atoms with Crippen LogP contribution in [0.2, 0.25) is 0 Å². The Morgan fingerprint density at radius 1 is 0.383 bits per heavy atom. The maximum absolute atomic E-state index is 12.5. The van der Waals surface area contributed by atoms with Gasteiger partial charge in [0.2, 0.25) is 0 Å². The lowest BCUT2D eigenvalue weighted by Gasteiger charge is -2.28. The highest BCUT2D eigenvalue weighted by Crippen LogP contribution is 2.27. The minimum atomic E-state index is -0.279. The molecule has 0 spiro atoms. The molecular weight excluding hydrogens is 753 g/mol. The molecule has 0 heterocycles. The minimum Gasteiger partial charge on any atom is -0.459 e. The molecule has 60 heavy (non-hydrogen) atoms. The van der Waals surface area contributed by atoms with E-state index in [2.05, 4.69) is 27.7 Å². The van der Waals surface area contributed by atoms with Crippen LogP contribution in [-0.2, 0) is 44.6 Å². The maximum atomic E-state index is 12.5. The zero-order valence-corrected chi connectivity index (χ0v) is 36.1. The van der Waals surface area contributed by atoms with Gasteiger partial charge in [-0.25, -0.2) is 19.2 Å². The van der Waals surface area contributed by atoms with Crippen molar-refractivity contribution < 1.29 is 41.0 Å². The van der Waals surface area contributed by atoms with Gasteiger partial charge in [0.25, 0.3) is 0 Å². The van der Waals surface area contributed by atoms with Crippen LogP contribution in [0.4, 0.5) is 0 Å². The smallest absolute Gasteiger partial charge is 0.338 e. The first-order chi connectivity index (χ1) is 29.2. The molecule has 2 saturated carbocycles. The Labute approximate surface area is 360 Å². The summed E-state index contributed by atoms with van der Waals surface area (Å²) in [4.78, 5) is 49.5. The molecule has 4 aromatic rings. The van der Waals surface area contributed by atoms with Crippen molar-refractivity contribution in [3.05, 3.63) is 142 Å². The standard InChI is InChI=1S/C28H36O4.C24H28O4.2H2/c1-3-5-7-21-9-13-23(14-10-21)27(29)31-25-17-19-26(20-18-25)32-28(30)24-15-11-22(12-16-24)8-6-4-2;1-3-17-5-9-19(10-6-17)23(25)27-21-13-15-22(16-14-21)28-24(26)20-11-7-18(4-2)8-12-20;;/h9-16,25-26H,3-8,17-20H2,1-2H3;5-12,21-22H,3-4,13-16H2,1-2H3;2*1H. The monoisotopic (exact) mass is 820 g/mol. The average molecular weight is 821 g/mol. The molecule has 6 rings (SSSR count). The van der Waals surface area contributed by atoms with E-state index < -0.39 is 0 Å². The fourth-order valence-electron chi connectivity index (χ4n) is 7.54. The Morgan fingerprint density at radius 2 is 0.600 bits per heavy atom. The Morgan fingerprint density at radius 3 is 0.800 bits per heavy atom. The maximum Gasteiger partial charge on any atom is 0.338 e. The van der Waals surface area contributed by atoms with Crippen molar-refractivity contribution >= 4 is 23.9 Å². The second-order valence-electron chi connectivity index (χ2n) is 16.1. The Bertz CT molecular complexity index is 1790. The SMILES string of the molecule is CCCCc1ccc(C(=O)OC2CCC(OC(=O)c3ccc(CCCC)cc3)CC2)cc1.CCc1ccc(C(=O)OC2CCC(OC(=O)c3ccc(CC)cc3)CC2)cc1.[HH].[HH]. The second kappa shape index (κ2) is 24.1. The third kappa shape index (κ3) is 14.5. The Balaban J connectivity index is 0.000000323. The van der Waals surface area contributed by atoms with E-state index in [9.17, 15) is 19.2 Å². The third-order valence-corrected chi connectivity index (χ3v) is 11.6. The fourth-order valence-corrected chi connectivity index (χ4v) is 7.54. The predicted octanol–water partition coefficient (Wildman–Crippen LogP) is 12.3.